The third kappa shape index (κ3) is 8.05. The van der Waals surface area contributed by atoms with E-state index in [1.165, 1.54) is 6.92 Å². The molecule has 3 N–H and O–H groups in total. The highest BCUT2D eigenvalue weighted by Gasteiger charge is 2.62. The molecule has 3 rings (SSSR count). The van der Waals surface area contributed by atoms with E-state index in [1.54, 1.807) is 12.1 Å². The number of anilines is 2. The van der Waals surface area contributed by atoms with Crippen molar-refractivity contribution in [2.75, 3.05) is 23.8 Å². The lowest BCUT2D eigenvalue weighted by molar-refractivity contribution is -0.176. The van der Waals surface area contributed by atoms with Gasteiger partial charge in [0.2, 0.25) is 12.1 Å². The van der Waals surface area contributed by atoms with Crippen LogP contribution in [0.3, 0.4) is 0 Å². The number of alkyl halides is 2. The van der Waals surface area contributed by atoms with Gasteiger partial charge in [0.25, 0.3) is 0 Å². The highest BCUT2D eigenvalue weighted by Crippen LogP contribution is 2.45. The predicted octanol–water partition coefficient (Wildman–Crippen LogP) is 3.23. The molecule has 0 bridgehead atoms. The van der Waals surface area contributed by atoms with E-state index in [-0.39, 0.29) is 24.8 Å². The van der Waals surface area contributed by atoms with Crippen LogP contribution >= 0.6 is 0 Å². The molecule has 2 aromatic rings. The molecule has 218 valence electrons. The van der Waals surface area contributed by atoms with Gasteiger partial charge < -0.3 is 24.6 Å². The summed E-state index contributed by atoms with van der Waals surface area (Å²) in [4.78, 5) is 52.0. The molecular formula is C26H32F2N4O8. The molecule has 14 heteroatoms. The number of amides is 2. The Hall–Kier alpha value is -3.91. The van der Waals surface area contributed by atoms with Crippen molar-refractivity contribution in [3.8, 4) is 0 Å². The number of benzene rings is 1. The first kappa shape index (κ1) is 30.6. The summed E-state index contributed by atoms with van der Waals surface area (Å²) in [6.45, 7) is 0.597. The average molecular weight is 567 g/mol. The number of aromatic nitrogens is 2. The highest BCUT2D eigenvalue weighted by molar-refractivity contribution is 5.90. The van der Waals surface area contributed by atoms with Gasteiger partial charge in [-0.05, 0) is 38.0 Å². The highest BCUT2D eigenvalue weighted by atomic mass is 19.3. The number of rotatable bonds is 13. The Morgan fingerprint density at radius 3 is 2.45 bits per heavy atom. The molecule has 1 aliphatic rings. The van der Waals surface area contributed by atoms with Gasteiger partial charge in [-0.2, -0.15) is 8.78 Å². The minimum Gasteiger partial charge on any atom is -0.453 e. The molecule has 1 aliphatic heterocycles. The fourth-order valence-corrected chi connectivity index (χ4v) is 4.11. The number of carbonyl (C=O) groups excluding carboxylic acids is 3. The van der Waals surface area contributed by atoms with E-state index < -0.39 is 48.7 Å². The maximum absolute atomic E-state index is 15.4. The topological polar surface area (TPSA) is 158 Å². The lowest BCUT2D eigenvalue weighted by atomic mass is 10.1. The number of nitrogens with one attached hydrogen (secondary N) is 2. The third-order valence-electron chi connectivity index (χ3n) is 6.00. The summed E-state index contributed by atoms with van der Waals surface area (Å²) in [5.74, 6) is -5.42. The largest absolute Gasteiger partial charge is 0.453 e. The van der Waals surface area contributed by atoms with E-state index in [1.807, 2.05) is 18.2 Å². The minimum absolute atomic E-state index is 0.00849. The normalized spacial score (nSPS) is 19.6. The van der Waals surface area contributed by atoms with Crippen LogP contribution in [-0.4, -0.2) is 64.0 Å². The third-order valence-corrected chi connectivity index (χ3v) is 6.00. The second-order valence-corrected chi connectivity index (χ2v) is 8.95. The number of para-hydroxylation sites is 1. The Kier molecular flexibility index (Phi) is 11.1. The van der Waals surface area contributed by atoms with E-state index in [9.17, 15) is 24.3 Å². The number of aliphatic hydroxyl groups excluding tert-OH is 1. The number of hydrogen-bond acceptors (Lipinski definition) is 9. The zero-order chi connectivity index (χ0) is 29.1. The molecule has 1 fully saturated rings. The summed E-state index contributed by atoms with van der Waals surface area (Å²) in [6, 6.07) is 10.1. The molecule has 40 heavy (non-hydrogen) atoms. The number of nitrogens with zero attached hydrogens (tertiary/aromatic N) is 2. The van der Waals surface area contributed by atoms with Crippen LogP contribution in [0, 0.1) is 0 Å². The zero-order valence-corrected chi connectivity index (χ0v) is 21.9. The second-order valence-electron chi connectivity index (χ2n) is 8.95. The molecule has 12 nitrogen and oxygen atoms in total. The van der Waals surface area contributed by atoms with Crippen LogP contribution in [0.25, 0.3) is 0 Å². The second kappa shape index (κ2) is 14.5. The molecule has 0 spiro atoms. The summed E-state index contributed by atoms with van der Waals surface area (Å²) < 4.78 is 46.2. The quantitative estimate of drug-likeness (QED) is 0.244. The molecule has 0 unspecified atom stereocenters. The first-order valence-electron chi connectivity index (χ1n) is 12.9. The van der Waals surface area contributed by atoms with Crippen LogP contribution in [0.5, 0.6) is 0 Å². The molecule has 1 aromatic heterocycles. The molecule has 0 saturated carbocycles. The van der Waals surface area contributed by atoms with E-state index in [0.717, 1.165) is 12.3 Å². The number of aliphatic hydroxyl groups is 1. The monoisotopic (exact) mass is 566 g/mol. The number of unbranched alkanes of at least 4 members (excludes halogenated alkanes) is 3. The van der Waals surface area contributed by atoms with Gasteiger partial charge in [0.05, 0.1) is 13.2 Å². The Labute approximate surface area is 228 Å². The van der Waals surface area contributed by atoms with Crippen molar-refractivity contribution in [2.45, 2.75) is 69.8 Å². The van der Waals surface area contributed by atoms with Gasteiger partial charge in [-0.15, -0.1) is 0 Å². The number of hydrogen-bond donors (Lipinski definition) is 3. The number of esters is 1. The standard InChI is InChI=1S/C26H32F2N4O8/c1-2-38-25(37)31-19-14-15-29-24(36)32(19)23-26(27,28)22(18(16-33)39-23)40-21(35)13-9-4-3-8-12-20(34)30-17-10-6-5-7-11-17/h5-7,10-11,14-15,18,22-23,33H,2-4,8-9,12-13,16H2,1H3,(H,30,34)(H,31,37)/t18-,22-,23-/m1/s1. The lowest BCUT2D eigenvalue weighted by Gasteiger charge is -2.25. The van der Waals surface area contributed by atoms with Crippen LogP contribution in [-0.2, 0) is 23.8 Å². The average Bonchev–Trinajstić information content (AvgIpc) is 3.16. The van der Waals surface area contributed by atoms with Crippen molar-refractivity contribution < 1.29 is 42.5 Å². The van der Waals surface area contributed by atoms with Gasteiger partial charge in [0.15, 0.2) is 6.10 Å². The van der Waals surface area contributed by atoms with E-state index in [2.05, 4.69) is 15.6 Å². The Balaban J connectivity index is 1.52. The first-order chi connectivity index (χ1) is 19.2. The van der Waals surface area contributed by atoms with Crippen molar-refractivity contribution in [2.24, 2.45) is 0 Å². The number of ether oxygens (including phenoxy) is 3. The minimum atomic E-state index is -3.97. The Morgan fingerprint density at radius 2 is 1.77 bits per heavy atom. The summed E-state index contributed by atoms with van der Waals surface area (Å²) in [5.41, 5.74) is -0.466. The fourth-order valence-electron chi connectivity index (χ4n) is 4.11. The fraction of sp³-hybridized carbons (Fsp3) is 0.500. The smallest absolute Gasteiger partial charge is 0.412 e. The molecule has 3 atom stereocenters. The van der Waals surface area contributed by atoms with Crippen LogP contribution in [0.15, 0.2) is 47.4 Å². The van der Waals surface area contributed by atoms with Gasteiger partial charge in [-0.25, -0.2) is 19.1 Å². The maximum atomic E-state index is 15.4. The van der Waals surface area contributed by atoms with Crippen LogP contribution < -0.4 is 16.3 Å². The first-order valence-corrected chi connectivity index (χ1v) is 12.9. The van der Waals surface area contributed by atoms with Crippen molar-refractivity contribution >= 4 is 29.5 Å². The van der Waals surface area contributed by atoms with E-state index >= 15 is 8.78 Å². The van der Waals surface area contributed by atoms with Gasteiger partial charge in [-0.3, -0.25) is 14.9 Å². The predicted molar refractivity (Wildman–Crippen MR) is 138 cm³/mol. The van der Waals surface area contributed by atoms with Crippen LogP contribution in [0.1, 0.15) is 51.7 Å². The van der Waals surface area contributed by atoms with Gasteiger partial charge in [0, 0.05) is 24.7 Å². The van der Waals surface area contributed by atoms with Gasteiger partial charge in [-0.1, -0.05) is 31.0 Å². The van der Waals surface area contributed by atoms with Gasteiger partial charge in [0.1, 0.15) is 11.9 Å². The summed E-state index contributed by atoms with van der Waals surface area (Å²) in [7, 11) is 0. The SMILES string of the molecule is CCOC(=O)Nc1ccnc(=O)n1[C@@H]1O[C@H](CO)[C@@H](OC(=O)CCCCCCC(=O)Nc2ccccc2)C1(F)F. The number of carbonyl (C=O) groups is 3. The van der Waals surface area contributed by atoms with Crippen molar-refractivity contribution in [3.05, 3.63) is 53.1 Å². The Bertz CT molecular complexity index is 1210. The van der Waals surface area contributed by atoms with E-state index in [0.29, 0.717) is 42.4 Å². The summed E-state index contributed by atoms with van der Waals surface area (Å²) >= 11 is 0. The van der Waals surface area contributed by atoms with Crippen molar-refractivity contribution in [3.63, 3.8) is 0 Å². The molecular weight excluding hydrogens is 534 g/mol. The molecule has 2 amide bonds. The number of halogens is 2. The molecule has 0 aliphatic carbocycles. The van der Waals surface area contributed by atoms with Crippen molar-refractivity contribution in [1.82, 2.24) is 9.55 Å². The summed E-state index contributed by atoms with van der Waals surface area (Å²) in [5, 5.41) is 14.6. The maximum Gasteiger partial charge on any atom is 0.412 e. The molecule has 1 saturated heterocycles. The van der Waals surface area contributed by atoms with Crippen LogP contribution in [0.4, 0.5) is 25.1 Å². The summed E-state index contributed by atoms with van der Waals surface area (Å²) in [6.07, 6.45) is -3.92. The molecule has 0 radical (unpaired) electrons. The van der Waals surface area contributed by atoms with E-state index in [4.69, 9.17) is 14.2 Å². The van der Waals surface area contributed by atoms with Crippen LogP contribution in [0.2, 0.25) is 0 Å². The van der Waals surface area contributed by atoms with Gasteiger partial charge >= 0.3 is 23.7 Å². The van der Waals surface area contributed by atoms with Crippen molar-refractivity contribution in [1.29, 1.82) is 0 Å². The molecule has 1 aromatic carbocycles. The zero-order valence-electron chi connectivity index (χ0n) is 21.9. The Morgan fingerprint density at radius 1 is 1.07 bits per heavy atom. The lowest BCUT2D eigenvalue weighted by Crippen LogP contribution is -2.45. The molecule has 2 heterocycles.